The van der Waals surface area contributed by atoms with Crippen LogP contribution >= 0.6 is 24.0 Å². The maximum atomic E-state index is 5.08. The maximum absolute atomic E-state index is 5.08. The zero-order valence-corrected chi connectivity index (χ0v) is 17.9. The van der Waals surface area contributed by atoms with E-state index in [1.54, 1.807) is 7.11 Å². The Bertz CT molecular complexity index is 476. The lowest BCUT2D eigenvalue weighted by Crippen LogP contribution is -2.52. The SMILES string of the molecule is CN=C(NCCCCCOC)N1CCN(Cc2ccccc2)CC1.I. The summed E-state index contributed by atoms with van der Waals surface area (Å²) < 4.78 is 5.08. The van der Waals surface area contributed by atoms with E-state index in [1.165, 1.54) is 12.0 Å². The molecule has 1 heterocycles. The van der Waals surface area contributed by atoms with Gasteiger partial charge in [0.2, 0.25) is 0 Å². The zero-order valence-electron chi connectivity index (χ0n) is 15.6. The van der Waals surface area contributed by atoms with Crippen molar-refractivity contribution in [1.82, 2.24) is 15.1 Å². The topological polar surface area (TPSA) is 40.1 Å². The van der Waals surface area contributed by atoms with Gasteiger partial charge in [0.25, 0.3) is 0 Å². The van der Waals surface area contributed by atoms with Crippen molar-refractivity contribution < 1.29 is 4.74 Å². The van der Waals surface area contributed by atoms with Crippen molar-refractivity contribution in [2.75, 3.05) is 53.5 Å². The van der Waals surface area contributed by atoms with Crippen LogP contribution in [0.15, 0.2) is 35.3 Å². The largest absolute Gasteiger partial charge is 0.385 e. The second-order valence-corrected chi connectivity index (χ2v) is 6.28. The van der Waals surface area contributed by atoms with Crippen molar-refractivity contribution in [2.45, 2.75) is 25.8 Å². The summed E-state index contributed by atoms with van der Waals surface area (Å²) >= 11 is 0. The van der Waals surface area contributed by atoms with Crippen molar-refractivity contribution in [3.63, 3.8) is 0 Å². The maximum Gasteiger partial charge on any atom is 0.193 e. The molecule has 1 N–H and O–H groups in total. The van der Waals surface area contributed by atoms with E-state index < -0.39 is 0 Å². The van der Waals surface area contributed by atoms with E-state index >= 15 is 0 Å². The average molecular weight is 460 g/mol. The van der Waals surface area contributed by atoms with Gasteiger partial charge in [0.15, 0.2) is 5.96 Å². The second kappa shape index (κ2) is 13.4. The Morgan fingerprint density at radius 3 is 2.44 bits per heavy atom. The molecule has 0 aromatic heterocycles. The third-order valence-corrected chi connectivity index (χ3v) is 4.44. The lowest BCUT2D eigenvalue weighted by molar-refractivity contribution is 0.172. The molecule has 0 atom stereocenters. The lowest BCUT2D eigenvalue weighted by atomic mass is 10.2. The molecule has 0 unspecified atom stereocenters. The van der Waals surface area contributed by atoms with Crippen molar-refractivity contribution in [3.05, 3.63) is 35.9 Å². The van der Waals surface area contributed by atoms with Gasteiger partial charge in [0.05, 0.1) is 0 Å². The van der Waals surface area contributed by atoms with Gasteiger partial charge in [-0.05, 0) is 24.8 Å². The molecule has 5 nitrogen and oxygen atoms in total. The minimum Gasteiger partial charge on any atom is -0.385 e. The van der Waals surface area contributed by atoms with E-state index in [2.05, 4.69) is 50.4 Å². The Kier molecular flexibility index (Phi) is 11.9. The molecule has 0 radical (unpaired) electrons. The summed E-state index contributed by atoms with van der Waals surface area (Å²) in [5, 5.41) is 3.50. The molecule has 1 aliphatic heterocycles. The van der Waals surface area contributed by atoms with E-state index in [0.717, 1.165) is 64.7 Å². The van der Waals surface area contributed by atoms with Crippen LogP contribution in [0.4, 0.5) is 0 Å². The van der Waals surface area contributed by atoms with Crippen LogP contribution in [-0.2, 0) is 11.3 Å². The summed E-state index contributed by atoms with van der Waals surface area (Å²) in [5.41, 5.74) is 1.39. The fourth-order valence-electron chi connectivity index (χ4n) is 3.04. The number of halogens is 1. The number of ether oxygens (including phenoxy) is 1. The quantitative estimate of drug-likeness (QED) is 0.281. The number of hydrogen-bond acceptors (Lipinski definition) is 3. The van der Waals surface area contributed by atoms with Crippen molar-refractivity contribution in [2.24, 2.45) is 4.99 Å². The van der Waals surface area contributed by atoms with Crippen LogP contribution < -0.4 is 5.32 Å². The molecule has 1 aliphatic rings. The molecule has 2 rings (SSSR count). The van der Waals surface area contributed by atoms with Crippen LogP contribution in [0.1, 0.15) is 24.8 Å². The molecule has 0 saturated carbocycles. The Hall–Kier alpha value is -0.860. The molecule has 1 saturated heterocycles. The predicted molar refractivity (Wildman–Crippen MR) is 116 cm³/mol. The molecule has 1 aromatic rings. The number of guanidine groups is 1. The van der Waals surface area contributed by atoms with Crippen LogP contribution in [0.3, 0.4) is 0 Å². The summed E-state index contributed by atoms with van der Waals surface area (Å²) in [4.78, 5) is 9.33. The van der Waals surface area contributed by atoms with Gasteiger partial charge < -0.3 is 15.0 Å². The van der Waals surface area contributed by atoms with Crippen LogP contribution in [0.2, 0.25) is 0 Å². The van der Waals surface area contributed by atoms with Crippen LogP contribution in [0.25, 0.3) is 0 Å². The van der Waals surface area contributed by atoms with E-state index in [-0.39, 0.29) is 24.0 Å². The van der Waals surface area contributed by atoms with E-state index in [0.29, 0.717) is 0 Å². The molecule has 0 amide bonds. The fourth-order valence-corrected chi connectivity index (χ4v) is 3.04. The molecule has 0 spiro atoms. The molecular formula is C19H33IN4O. The molecule has 6 heteroatoms. The monoisotopic (exact) mass is 460 g/mol. The zero-order chi connectivity index (χ0) is 17.0. The van der Waals surface area contributed by atoms with E-state index in [9.17, 15) is 0 Å². The van der Waals surface area contributed by atoms with Gasteiger partial charge >= 0.3 is 0 Å². The summed E-state index contributed by atoms with van der Waals surface area (Å²) in [6.07, 6.45) is 3.49. The number of rotatable bonds is 8. The van der Waals surface area contributed by atoms with Gasteiger partial charge in [-0.3, -0.25) is 9.89 Å². The third kappa shape index (κ3) is 8.37. The number of nitrogens with zero attached hydrogens (tertiary/aromatic N) is 3. The number of unbranched alkanes of at least 4 members (excludes halogenated alkanes) is 2. The molecule has 142 valence electrons. The van der Waals surface area contributed by atoms with Gasteiger partial charge in [0, 0.05) is 60.0 Å². The number of hydrogen-bond donors (Lipinski definition) is 1. The van der Waals surface area contributed by atoms with Crippen molar-refractivity contribution >= 4 is 29.9 Å². The number of nitrogens with one attached hydrogen (secondary N) is 1. The first-order valence-corrected chi connectivity index (χ1v) is 9.04. The molecule has 0 aliphatic carbocycles. The lowest BCUT2D eigenvalue weighted by Gasteiger charge is -2.36. The van der Waals surface area contributed by atoms with Gasteiger partial charge in [-0.25, -0.2) is 0 Å². The average Bonchev–Trinajstić information content (AvgIpc) is 2.63. The smallest absolute Gasteiger partial charge is 0.193 e. The summed E-state index contributed by atoms with van der Waals surface area (Å²) in [6, 6.07) is 10.7. The Balaban J connectivity index is 0.00000312. The minimum atomic E-state index is 0. The third-order valence-electron chi connectivity index (χ3n) is 4.44. The normalized spacial score (nSPS) is 15.8. The summed E-state index contributed by atoms with van der Waals surface area (Å²) in [5.74, 6) is 1.04. The van der Waals surface area contributed by atoms with Gasteiger partial charge in [-0.1, -0.05) is 30.3 Å². The number of methoxy groups -OCH3 is 1. The van der Waals surface area contributed by atoms with E-state index in [4.69, 9.17) is 4.74 Å². The number of piperazine rings is 1. The van der Waals surface area contributed by atoms with Crippen LogP contribution in [-0.4, -0.2) is 69.2 Å². The fraction of sp³-hybridized carbons (Fsp3) is 0.632. The minimum absolute atomic E-state index is 0. The van der Waals surface area contributed by atoms with Gasteiger partial charge in [0.1, 0.15) is 0 Å². The van der Waals surface area contributed by atoms with E-state index in [1.807, 2.05) is 7.05 Å². The summed E-state index contributed by atoms with van der Waals surface area (Å²) in [6.45, 7) is 7.14. The molecule has 0 bridgehead atoms. The van der Waals surface area contributed by atoms with Crippen molar-refractivity contribution in [1.29, 1.82) is 0 Å². The first-order chi connectivity index (χ1) is 11.8. The second-order valence-electron chi connectivity index (χ2n) is 6.28. The van der Waals surface area contributed by atoms with Gasteiger partial charge in [-0.2, -0.15) is 0 Å². The predicted octanol–water partition coefficient (Wildman–Crippen LogP) is 2.81. The van der Waals surface area contributed by atoms with Crippen molar-refractivity contribution in [3.8, 4) is 0 Å². The molecule has 25 heavy (non-hydrogen) atoms. The van der Waals surface area contributed by atoms with Crippen LogP contribution in [0, 0.1) is 0 Å². The molecule has 1 fully saturated rings. The molecular weight excluding hydrogens is 427 g/mol. The summed E-state index contributed by atoms with van der Waals surface area (Å²) in [7, 11) is 3.64. The number of aliphatic imine (C=N–C) groups is 1. The highest BCUT2D eigenvalue weighted by Crippen LogP contribution is 2.08. The Labute approximate surface area is 169 Å². The Morgan fingerprint density at radius 1 is 1.08 bits per heavy atom. The van der Waals surface area contributed by atoms with Crippen LogP contribution in [0.5, 0.6) is 0 Å². The first-order valence-electron chi connectivity index (χ1n) is 9.04. The first kappa shape index (κ1) is 22.2. The highest BCUT2D eigenvalue weighted by atomic mass is 127. The standard InChI is InChI=1S/C19H32N4O.HI/c1-20-19(21-11-7-4-8-16-24-2)23-14-12-22(13-15-23)17-18-9-5-3-6-10-18;/h3,5-6,9-10H,4,7-8,11-17H2,1-2H3,(H,20,21);1H. The van der Waals surface area contributed by atoms with Gasteiger partial charge in [-0.15, -0.1) is 24.0 Å². The number of benzene rings is 1. The molecule has 1 aromatic carbocycles. The Morgan fingerprint density at radius 2 is 1.80 bits per heavy atom. The highest BCUT2D eigenvalue weighted by molar-refractivity contribution is 14.0. The highest BCUT2D eigenvalue weighted by Gasteiger charge is 2.19.